The first-order valence-corrected chi connectivity index (χ1v) is 20.6. The molecule has 0 aliphatic rings. The number of para-hydroxylation sites is 3. The summed E-state index contributed by atoms with van der Waals surface area (Å²) in [6, 6.07) is 87.9. The maximum Gasteiger partial charge on any atom is 0.0619 e. The smallest absolute Gasteiger partial charge is 0.0619 e. The third-order valence-electron chi connectivity index (χ3n) is 11.8. The molecule has 0 fully saturated rings. The van der Waals surface area contributed by atoms with Crippen LogP contribution in [0.3, 0.4) is 0 Å². The number of hydrogen-bond acceptors (Lipinski definition) is 1. The number of rotatable bonds is 8. The molecule has 0 unspecified atom stereocenters. The van der Waals surface area contributed by atoms with Crippen molar-refractivity contribution in [2.45, 2.75) is 0 Å². The highest BCUT2D eigenvalue weighted by Gasteiger charge is 2.24. The van der Waals surface area contributed by atoms with Gasteiger partial charge >= 0.3 is 0 Å². The SMILES string of the molecule is c1ccc(-c2ccccc2-c2c(-c3ccccc3)cccc2N(c2ccc(-c3cccc4c5ccccc5n(-c5ccccc5)c34)cc2)c2cccc3ccccc23)cc1. The van der Waals surface area contributed by atoms with Crippen LogP contribution >= 0.6 is 0 Å². The molecule has 0 atom stereocenters. The standard InChI is InChI=1S/C58H40N2/c1-4-19-41(20-5-1)47-27-12-13-30-52(47)57-49(43-21-6-2-7-22-43)31-18-36-56(57)59(54-35-16-24-42-23-10-11-28-48(42)54)46-39-37-44(38-40-46)50-32-17-33-53-51-29-14-15-34-55(51)60(58(50)53)45-25-8-3-9-26-45/h1-40H. The fourth-order valence-corrected chi connectivity index (χ4v) is 9.14. The third-order valence-corrected chi connectivity index (χ3v) is 11.8. The molecule has 0 N–H and O–H groups in total. The van der Waals surface area contributed by atoms with Crippen LogP contribution < -0.4 is 4.90 Å². The summed E-state index contributed by atoms with van der Waals surface area (Å²) in [6.45, 7) is 0. The average Bonchev–Trinajstić information content (AvgIpc) is 3.67. The Kier molecular flexibility index (Phi) is 8.87. The van der Waals surface area contributed by atoms with Gasteiger partial charge in [0.2, 0.25) is 0 Å². The van der Waals surface area contributed by atoms with Gasteiger partial charge in [-0.05, 0) is 81.2 Å². The van der Waals surface area contributed by atoms with Crippen molar-refractivity contribution < 1.29 is 0 Å². The highest BCUT2D eigenvalue weighted by Crippen LogP contribution is 2.49. The van der Waals surface area contributed by atoms with Crippen LogP contribution in [0.5, 0.6) is 0 Å². The van der Waals surface area contributed by atoms with Crippen molar-refractivity contribution in [1.29, 1.82) is 0 Å². The van der Waals surface area contributed by atoms with Gasteiger partial charge in [-0.1, -0.05) is 200 Å². The summed E-state index contributed by atoms with van der Waals surface area (Å²) in [7, 11) is 0. The lowest BCUT2D eigenvalue weighted by molar-refractivity contribution is 1.18. The fourth-order valence-electron chi connectivity index (χ4n) is 9.14. The molecule has 0 saturated carbocycles. The minimum Gasteiger partial charge on any atom is -0.309 e. The molecule has 2 nitrogen and oxygen atoms in total. The molecule has 2 heteroatoms. The van der Waals surface area contributed by atoms with Crippen molar-refractivity contribution in [2.24, 2.45) is 0 Å². The van der Waals surface area contributed by atoms with Crippen LogP contribution in [-0.2, 0) is 0 Å². The maximum absolute atomic E-state index is 2.47. The summed E-state index contributed by atoms with van der Waals surface area (Å²) in [5.74, 6) is 0. The number of benzene rings is 10. The van der Waals surface area contributed by atoms with Crippen LogP contribution in [0.2, 0.25) is 0 Å². The van der Waals surface area contributed by atoms with Gasteiger partial charge in [-0.3, -0.25) is 0 Å². The number of hydrogen-bond donors (Lipinski definition) is 0. The average molecular weight is 765 g/mol. The summed E-state index contributed by atoms with van der Waals surface area (Å²) in [5, 5.41) is 4.88. The molecule has 11 rings (SSSR count). The molecule has 0 spiro atoms. The highest BCUT2D eigenvalue weighted by atomic mass is 15.1. The first-order chi connectivity index (χ1) is 29.8. The number of aromatic nitrogens is 1. The Morgan fingerprint density at radius 2 is 0.800 bits per heavy atom. The summed E-state index contributed by atoms with van der Waals surface area (Å²) < 4.78 is 2.42. The highest BCUT2D eigenvalue weighted by molar-refractivity contribution is 6.14. The van der Waals surface area contributed by atoms with Gasteiger partial charge in [0, 0.05) is 38.7 Å². The van der Waals surface area contributed by atoms with Gasteiger partial charge in [-0.25, -0.2) is 0 Å². The molecule has 11 aromatic rings. The fraction of sp³-hybridized carbons (Fsp3) is 0. The van der Waals surface area contributed by atoms with E-state index in [-0.39, 0.29) is 0 Å². The summed E-state index contributed by atoms with van der Waals surface area (Å²) in [6.07, 6.45) is 0. The lowest BCUT2D eigenvalue weighted by atomic mass is 9.87. The van der Waals surface area contributed by atoms with Crippen molar-refractivity contribution >= 4 is 49.6 Å². The first-order valence-electron chi connectivity index (χ1n) is 20.6. The molecule has 0 amide bonds. The zero-order valence-electron chi connectivity index (χ0n) is 33.0. The lowest BCUT2D eigenvalue weighted by Gasteiger charge is -2.31. The summed E-state index contributed by atoms with van der Waals surface area (Å²) in [5.41, 5.74) is 16.3. The Bertz CT molecular complexity index is 3290. The van der Waals surface area contributed by atoms with Crippen LogP contribution in [0, 0.1) is 0 Å². The predicted molar refractivity (Wildman–Crippen MR) is 255 cm³/mol. The van der Waals surface area contributed by atoms with Crippen LogP contribution in [0.1, 0.15) is 0 Å². The van der Waals surface area contributed by atoms with Crippen LogP contribution in [0.15, 0.2) is 243 Å². The Balaban J connectivity index is 1.16. The Labute approximate surface area is 350 Å². The third kappa shape index (κ3) is 6.06. The van der Waals surface area contributed by atoms with Gasteiger partial charge in [-0.2, -0.15) is 0 Å². The summed E-state index contributed by atoms with van der Waals surface area (Å²) >= 11 is 0. The van der Waals surface area contributed by atoms with E-state index in [1.165, 1.54) is 71.5 Å². The van der Waals surface area contributed by atoms with Gasteiger partial charge < -0.3 is 9.47 Å². The van der Waals surface area contributed by atoms with E-state index < -0.39 is 0 Å². The van der Waals surface area contributed by atoms with Crippen molar-refractivity contribution in [3.63, 3.8) is 0 Å². The second-order valence-electron chi connectivity index (χ2n) is 15.2. The molecule has 282 valence electrons. The molecule has 0 saturated heterocycles. The molecular weight excluding hydrogens is 725 g/mol. The van der Waals surface area contributed by atoms with E-state index >= 15 is 0 Å². The Hall–Kier alpha value is -7.94. The van der Waals surface area contributed by atoms with E-state index in [4.69, 9.17) is 0 Å². The second-order valence-corrected chi connectivity index (χ2v) is 15.2. The maximum atomic E-state index is 2.47. The molecule has 0 radical (unpaired) electrons. The molecule has 1 heterocycles. The zero-order chi connectivity index (χ0) is 39.8. The Morgan fingerprint density at radius 3 is 1.57 bits per heavy atom. The van der Waals surface area contributed by atoms with Crippen LogP contribution in [0.4, 0.5) is 17.1 Å². The van der Waals surface area contributed by atoms with Crippen molar-refractivity contribution in [2.75, 3.05) is 4.90 Å². The van der Waals surface area contributed by atoms with E-state index in [0.29, 0.717) is 0 Å². The van der Waals surface area contributed by atoms with Crippen LogP contribution in [0.25, 0.3) is 82.8 Å². The minimum absolute atomic E-state index is 1.08. The van der Waals surface area contributed by atoms with Crippen LogP contribution in [-0.4, -0.2) is 4.57 Å². The normalized spacial score (nSPS) is 11.3. The second kappa shape index (κ2) is 15.1. The molecule has 0 bridgehead atoms. The van der Waals surface area contributed by atoms with E-state index in [1.807, 2.05) is 0 Å². The molecule has 0 aliphatic heterocycles. The van der Waals surface area contributed by atoms with E-state index in [0.717, 1.165) is 28.3 Å². The van der Waals surface area contributed by atoms with Gasteiger partial charge in [0.1, 0.15) is 0 Å². The summed E-state index contributed by atoms with van der Waals surface area (Å²) in [4.78, 5) is 2.47. The van der Waals surface area contributed by atoms with E-state index in [9.17, 15) is 0 Å². The first kappa shape index (κ1) is 35.2. The van der Waals surface area contributed by atoms with Crippen molar-refractivity contribution in [3.8, 4) is 50.2 Å². The molecule has 1 aromatic heterocycles. The van der Waals surface area contributed by atoms with E-state index in [2.05, 4.69) is 252 Å². The monoisotopic (exact) mass is 764 g/mol. The molecule has 60 heavy (non-hydrogen) atoms. The lowest BCUT2D eigenvalue weighted by Crippen LogP contribution is -2.12. The molecule has 0 aliphatic carbocycles. The van der Waals surface area contributed by atoms with Crippen molar-refractivity contribution in [1.82, 2.24) is 4.57 Å². The van der Waals surface area contributed by atoms with Gasteiger partial charge in [0.15, 0.2) is 0 Å². The molecule has 10 aromatic carbocycles. The largest absolute Gasteiger partial charge is 0.309 e. The zero-order valence-corrected chi connectivity index (χ0v) is 33.0. The molecular formula is C58H40N2. The van der Waals surface area contributed by atoms with Gasteiger partial charge in [0.25, 0.3) is 0 Å². The van der Waals surface area contributed by atoms with E-state index in [1.54, 1.807) is 0 Å². The quantitative estimate of drug-likeness (QED) is 0.150. The van der Waals surface area contributed by atoms with Gasteiger partial charge in [-0.15, -0.1) is 0 Å². The van der Waals surface area contributed by atoms with Crippen molar-refractivity contribution in [3.05, 3.63) is 243 Å². The number of anilines is 3. The number of fused-ring (bicyclic) bond motifs is 4. The predicted octanol–water partition coefficient (Wildman–Crippen LogP) is 16.1. The minimum atomic E-state index is 1.08. The topological polar surface area (TPSA) is 8.17 Å². The Morgan fingerprint density at radius 1 is 0.300 bits per heavy atom. The number of nitrogens with zero attached hydrogens (tertiary/aromatic N) is 2. The van der Waals surface area contributed by atoms with Gasteiger partial charge in [0.05, 0.1) is 22.4 Å².